The van der Waals surface area contributed by atoms with Gasteiger partial charge in [-0.15, -0.1) is 0 Å². The maximum atomic E-state index is 10.1. The molecule has 0 saturated carbocycles. The molecular formula is C28H31NO2. The topological polar surface area (TPSA) is 32.7 Å². The molecule has 2 aliphatic rings. The van der Waals surface area contributed by atoms with Crippen molar-refractivity contribution in [3.8, 4) is 11.5 Å². The van der Waals surface area contributed by atoms with E-state index in [-0.39, 0.29) is 0 Å². The van der Waals surface area contributed by atoms with Crippen LogP contribution in [0.3, 0.4) is 0 Å². The van der Waals surface area contributed by atoms with Gasteiger partial charge in [-0.25, -0.2) is 0 Å². The van der Waals surface area contributed by atoms with Crippen molar-refractivity contribution in [1.82, 2.24) is 4.90 Å². The van der Waals surface area contributed by atoms with E-state index in [0.717, 1.165) is 0 Å². The van der Waals surface area contributed by atoms with Gasteiger partial charge in [0.25, 0.3) is 1.43 Å². The lowest BCUT2D eigenvalue weighted by atomic mass is 9.69. The van der Waals surface area contributed by atoms with Crippen LogP contribution in [0.25, 0.3) is 0 Å². The fraction of sp³-hybridized carbons (Fsp3) is 0.357. The summed E-state index contributed by atoms with van der Waals surface area (Å²) in [7, 11) is 0. The van der Waals surface area contributed by atoms with Crippen LogP contribution < -0.4 is 4.74 Å². The minimum atomic E-state index is -4.36. The fourth-order valence-electron chi connectivity index (χ4n) is 2.64. The van der Waals surface area contributed by atoms with Crippen LogP contribution in [0.1, 0.15) is 94.3 Å². The van der Waals surface area contributed by atoms with Gasteiger partial charge in [-0.1, -0.05) is 48.3 Å². The molecule has 1 aliphatic carbocycles. The highest BCUT2D eigenvalue weighted by molar-refractivity contribution is 5.48. The molecule has 31 heavy (non-hydrogen) atoms. The first-order valence-corrected chi connectivity index (χ1v) is 8.53. The van der Waals surface area contributed by atoms with Gasteiger partial charge in [0.1, 0.15) is 18.1 Å². The van der Waals surface area contributed by atoms with Crippen molar-refractivity contribution in [2.24, 2.45) is 0 Å². The minimum Gasteiger partial charge on any atom is -0.508 e. The number of nitrogens with zero attached hydrogens (tertiary/aromatic N) is 1. The van der Waals surface area contributed by atoms with Crippen LogP contribution in [-0.2, 0) is 6.37 Å². The summed E-state index contributed by atoms with van der Waals surface area (Å²) in [6.45, 7) is -16.8. The summed E-state index contributed by atoms with van der Waals surface area (Å²) in [5.74, 6) is -11.2. The van der Waals surface area contributed by atoms with Crippen molar-refractivity contribution in [3.05, 3.63) is 94.8 Å². The highest BCUT2D eigenvalue weighted by Crippen LogP contribution is 2.47. The second kappa shape index (κ2) is 9.15. The zero-order chi connectivity index (χ0) is 48.4. The molecule has 3 nitrogen and oxygen atoms in total. The van der Waals surface area contributed by atoms with Gasteiger partial charge in [0.15, 0.2) is 0 Å². The summed E-state index contributed by atoms with van der Waals surface area (Å²) in [4.78, 5) is -0.804. The van der Waals surface area contributed by atoms with Crippen LogP contribution >= 0.6 is 0 Å². The Kier molecular flexibility index (Phi) is 1.54. The number of fused-ring (bicyclic) bond motifs is 1. The number of hydrogen-bond donors (Lipinski definition) is 1. The van der Waals surface area contributed by atoms with E-state index in [4.69, 9.17) is 41.8 Å². The molecule has 0 unspecified atom stereocenters. The Morgan fingerprint density at radius 2 is 1.87 bits per heavy atom. The van der Waals surface area contributed by atoms with Crippen LogP contribution in [0, 0.1) is 0 Å². The van der Waals surface area contributed by atoms with E-state index in [1.807, 2.05) is 0 Å². The van der Waals surface area contributed by atoms with Gasteiger partial charge in [-0.2, -0.15) is 0 Å². The third kappa shape index (κ3) is 4.47. The van der Waals surface area contributed by atoms with E-state index in [2.05, 4.69) is 5.11 Å². The van der Waals surface area contributed by atoms with Gasteiger partial charge < -0.3 is 9.85 Å². The summed E-state index contributed by atoms with van der Waals surface area (Å²) in [5, 5.41) is 4.26. The predicted molar refractivity (Wildman–Crippen MR) is 125 cm³/mol. The Hall–Kier alpha value is -2.78. The predicted octanol–water partition coefficient (Wildman–Crippen LogP) is 5.73. The van der Waals surface area contributed by atoms with Crippen LogP contribution in [-0.4, -0.2) is 37.5 Å². The van der Waals surface area contributed by atoms with Crippen molar-refractivity contribution in [1.29, 1.82) is 1.43 Å². The van der Waals surface area contributed by atoms with Crippen LogP contribution in [0.2, 0.25) is 0 Å². The Morgan fingerprint density at radius 1 is 1.06 bits per heavy atom. The first-order valence-electron chi connectivity index (χ1n) is 23.9. The van der Waals surface area contributed by atoms with Gasteiger partial charge in [-0.05, 0) is 90.8 Å². The van der Waals surface area contributed by atoms with E-state index >= 15 is 0 Å². The van der Waals surface area contributed by atoms with Crippen molar-refractivity contribution in [2.45, 2.75) is 37.3 Å². The summed E-state index contributed by atoms with van der Waals surface area (Å²) >= 11 is 0. The number of phenols is 1. The molecule has 3 aromatic carbocycles. The van der Waals surface area contributed by atoms with Crippen LogP contribution in [0.15, 0.2) is 72.5 Å². The molecule has 2 atom stereocenters. The SMILES string of the molecule is [2H]Oc1c([2H])c([2H])c2c(c1[2H])C([2H])([2H])C([2H])([2H])[C@]([2H])(c1c([2H])c([2H])c([2H])c([2H])c1[2H])[C@]2([2H])c1c([2H])c([2H])c(OC([2H])([2H])C([2H])([2H])N2C([2H])([2H])C([2H])([2H])C([2H])([2H])C2([2H])[2H])c([2H])c1[2H]. The van der Waals surface area contributed by atoms with Gasteiger partial charge in [0.05, 0.1) is 19.2 Å². The molecule has 5 rings (SSSR count). The van der Waals surface area contributed by atoms with E-state index in [1.165, 1.54) is 0 Å². The lowest BCUT2D eigenvalue weighted by Gasteiger charge is -2.35. The molecule has 1 aliphatic heterocycles. The van der Waals surface area contributed by atoms with Gasteiger partial charge in [0, 0.05) is 34.3 Å². The number of likely N-dealkylation sites (tertiary alicyclic amines) is 1. The molecular weight excluding hydrogens is 382 g/mol. The average molecular weight is 445 g/mol. The summed E-state index contributed by atoms with van der Waals surface area (Å²) in [6.07, 6.45) is -16.0. The maximum Gasteiger partial charge on any atom is 0.293 e. The molecule has 1 fully saturated rings. The van der Waals surface area contributed by atoms with E-state index < -0.39 is 174 Å². The number of hydrogen-bond acceptors (Lipinski definition) is 3. The van der Waals surface area contributed by atoms with Crippen LogP contribution in [0.4, 0.5) is 0 Å². The summed E-state index contributed by atoms with van der Waals surface area (Å²) < 4.78 is 271. The third-order valence-corrected chi connectivity index (χ3v) is 3.91. The minimum absolute atomic E-state index is 0.804. The standard InChI is InChI=1S/C28H31NO2/c30-24-11-15-27-23(20-24)10-14-26(21-6-2-1-3-7-21)28(27)22-8-12-25(13-9-22)31-19-18-29-16-4-5-17-29/h1-3,6-9,11-13,15,20,26,28,30H,4-5,10,14,16-19H2/t26-,28+/m1/s1/i1D,2D,3D,4D2,5D2,6D,7D,8D,9D,10D2,11D,12D,13D,14D2,15D,16D2,17D2,18D2,19D2,20D,26D,28D/hD. The third-order valence-electron chi connectivity index (χ3n) is 3.91. The molecule has 0 bridgehead atoms. The Bertz CT molecular complexity index is 2350. The first-order chi connectivity index (χ1) is 27.6. The van der Waals surface area contributed by atoms with Crippen molar-refractivity contribution in [2.75, 3.05) is 26.0 Å². The largest absolute Gasteiger partial charge is 0.508 e. The second-order valence-corrected chi connectivity index (χ2v) is 5.78. The van der Waals surface area contributed by atoms with Crippen molar-refractivity contribution >= 4 is 0 Å². The number of rotatable bonds is 7. The zero-order valence-electron chi connectivity index (χ0n) is 46.3. The summed E-state index contributed by atoms with van der Waals surface area (Å²) in [5.41, 5.74) is -6.14. The normalized spacial score (nSPS) is 50.8. The number of benzene rings is 3. The van der Waals surface area contributed by atoms with Gasteiger partial charge in [-0.3, -0.25) is 4.90 Å². The Labute approximate surface area is 228 Å². The fourth-order valence-corrected chi connectivity index (χ4v) is 2.64. The lowest BCUT2D eigenvalue weighted by molar-refractivity contribution is 0.237. The zero-order valence-corrected chi connectivity index (χ0v) is 15.3. The monoisotopic (exact) mass is 444 g/mol. The molecule has 1 heterocycles. The Morgan fingerprint density at radius 3 is 2.65 bits per heavy atom. The molecule has 160 valence electrons. The highest BCUT2D eigenvalue weighted by atomic mass is 16.5. The smallest absolute Gasteiger partial charge is 0.293 e. The highest BCUT2D eigenvalue weighted by Gasteiger charge is 2.32. The van der Waals surface area contributed by atoms with Crippen molar-refractivity contribution < 1.29 is 51.0 Å². The molecule has 1 saturated heterocycles. The molecule has 1 N–H and O–H groups in total. The maximum absolute atomic E-state index is 10.1. The average Bonchev–Trinajstić information content (AvgIpc) is 3.21. The number of ether oxygens (including phenoxy) is 1. The summed E-state index contributed by atoms with van der Waals surface area (Å²) in [6, 6.07) is -17.7. The van der Waals surface area contributed by atoms with Gasteiger partial charge >= 0.3 is 0 Å². The molecule has 3 heteroatoms. The van der Waals surface area contributed by atoms with Crippen molar-refractivity contribution in [3.63, 3.8) is 0 Å². The molecule has 0 spiro atoms. The molecule has 0 radical (unpaired) electrons. The molecule has 3 aromatic rings. The molecule has 0 amide bonds. The molecule has 0 aromatic heterocycles. The van der Waals surface area contributed by atoms with E-state index in [1.54, 1.807) is 0 Å². The van der Waals surface area contributed by atoms with E-state index in [0.29, 0.717) is 0 Å². The van der Waals surface area contributed by atoms with Gasteiger partial charge in [0.2, 0.25) is 0 Å². The number of aromatic hydroxyl groups is 1. The van der Waals surface area contributed by atoms with E-state index in [9.17, 15) is 5.48 Å². The Balaban J connectivity index is 1.96. The number of phenolic OH excluding ortho intramolecular Hbond substituents is 1. The quantitative estimate of drug-likeness (QED) is 0.505. The lowest BCUT2D eigenvalue weighted by Crippen LogP contribution is -2.25. The first kappa shape index (κ1) is 5.23. The second-order valence-electron chi connectivity index (χ2n) is 5.78. The van der Waals surface area contributed by atoms with Crippen LogP contribution in [0.5, 0.6) is 11.5 Å².